The molecule has 0 aliphatic carbocycles. The van der Waals surface area contributed by atoms with Crippen LogP contribution < -0.4 is 5.73 Å². The van der Waals surface area contributed by atoms with E-state index in [1.165, 1.54) is 37.4 Å². The zero-order valence-corrected chi connectivity index (χ0v) is 10.6. The Morgan fingerprint density at radius 1 is 1.24 bits per heavy atom. The van der Waals surface area contributed by atoms with Crippen molar-refractivity contribution in [1.29, 1.82) is 0 Å². The predicted octanol–water partition coefficient (Wildman–Crippen LogP) is 0.966. The molecule has 2 N–H and O–H groups in total. The Morgan fingerprint density at radius 2 is 2.00 bits per heavy atom. The molecule has 17 heavy (non-hydrogen) atoms. The minimum atomic E-state index is 0.338. The number of piperidine rings is 1. The van der Waals surface area contributed by atoms with E-state index in [4.69, 9.17) is 5.73 Å². The van der Waals surface area contributed by atoms with Gasteiger partial charge in [0.05, 0.1) is 0 Å². The van der Waals surface area contributed by atoms with Crippen LogP contribution in [0.4, 0.5) is 0 Å². The zero-order chi connectivity index (χ0) is 11.8. The first-order valence-electron chi connectivity index (χ1n) is 6.72. The van der Waals surface area contributed by atoms with Crippen LogP contribution in [0.25, 0.3) is 0 Å². The third-order valence-corrected chi connectivity index (χ3v) is 4.25. The summed E-state index contributed by atoms with van der Waals surface area (Å²) in [5.41, 5.74) is 7.35. The maximum Gasteiger partial charge on any atom is 0.112 e. The fraction of sp³-hybridized carbons (Fsp3) is 0.769. The number of fused-ring (bicyclic) bond motifs is 1. The topological polar surface area (TPSA) is 47.1 Å². The van der Waals surface area contributed by atoms with Crippen molar-refractivity contribution in [3.63, 3.8) is 0 Å². The summed E-state index contributed by atoms with van der Waals surface area (Å²) >= 11 is 0. The second kappa shape index (κ2) is 4.42. The first-order chi connectivity index (χ1) is 8.24. The smallest absolute Gasteiger partial charge is 0.112 e. The highest BCUT2D eigenvalue weighted by Gasteiger charge is 2.26. The van der Waals surface area contributed by atoms with Crippen molar-refractivity contribution in [2.45, 2.75) is 44.2 Å². The van der Waals surface area contributed by atoms with E-state index in [2.05, 4.69) is 21.5 Å². The van der Waals surface area contributed by atoms with Gasteiger partial charge in [0.15, 0.2) is 0 Å². The van der Waals surface area contributed by atoms with Crippen molar-refractivity contribution in [2.24, 2.45) is 5.73 Å². The van der Waals surface area contributed by atoms with Crippen LogP contribution in [0.15, 0.2) is 6.20 Å². The first kappa shape index (κ1) is 11.2. The fourth-order valence-electron chi connectivity index (χ4n) is 3.11. The number of aromatic nitrogens is 2. The molecule has 1 atom stereocenters. The quantitative estimate of drug-likeness (QED) is 0.787. The lowest BCUT2D eigenvalue weighted by atomic mass is 9.95. The summed E-state index contributed by atoms with van der Waals surface area (Å²) in [4.78, 5) is 7.08. The van der Waals surface area contributed by atoms with Crippen LogP contribution in [-0.4, -0.2) is 40.6 Å². The number of hydrogen-bond donors (Lipinski definition) is 1. The van der Waals surface area contributed by atoms with Gasteiger partial charge in [-0.1, -0.05) is 0 Å². The second-order valence-corrected chi connectivity index (χ2v) is 5.59. The molecule has 1 unspecified atom stereocenters. The van der Waals surface area contributed by atoms with Gasteiger partial charge in [-0.15, -0.1) is 0 Å². The van der Waals surface area contributed by atoms with Crippen molar-refractivity contribution in [2.75, 3.05) is 20.1 Å². The zero-order valence-electron chi connectivity index (χ0n) is 10.6. The number of imidazole rings is 1. The highest BCUT2D eigenvalue weighted by atomic mass is 15.1. The molecular weight excluding hydrogens is 212 g/mol. The van der Waals surface area contributed by atoms with Crippen molar-refractivity contribution >= 4 is 0 Å². The summed E-state index contributed by atoms with van der Waals surface area (Å²) < 4.78 is 2.43. The van der Waals surface area contributed by atoms with E-state index < -0.39 is 0 Å². The van der Waals surface area contributed by atoms with Gasteiger partial charge >= 0.3 is 0 Å². The molecular formula is C13H22N4. The lowest BCUT2D eigenvalue weighted by molar-refractivity contribution is 0.247. The minimum absolute atomic E-state index is 0.338. The van der Waals surface area contributed by atoms with E-state index in [1.807, 2.05) is 6.20 Å². The summed E-state index contributed by atoms with van der Waals surface area (Å²) in [6.07, 6.45) is 6.65. The van der Waals surface area contributed by atoms with Gasteiger partial charge in [0.25, 0.3) is 0 Å². The second-order valence-electron chi connectivity index (χ2n) is 5.59. The van der Waals surface area contributed by atoms with Gasteiger partial charge in [0.1, 0.15) is 5.82 Å². The first-order valence-corrected chi connectivity index (χ1v) is 6.72. The van der Waals surface area contributed by atoms with Gasteiger partial charge in [0, 0.05) is 36.8 Å². The number of nitrogens with two attached hydrogens (primary N) is 1. The molecule has 1 aromatic rings. The number of likely N-dealkylation sites (tertiary alicyclic amines) is 1. The molecule has 94 valence electrons. The van der Waals surface area contributed by atoms with Crippen LogP contribution in [0.5, 0.6) is 0 Å². The summed E-state index contributed by atoms with van der Waals surface area (Å²) in [6, 6.07) is 0.338. The molecule has 0 spiro atoms. The molecule has 3 heterocycles. The Bertz CT molecular complexity index is 390. The number of rotatable bonds is 1. The third kappa shape index (κ3) is 2.11. The molecule has 1 fully saturated rings. The average molecular weight is 234 g/mol. The van der Waals surface area contributed by atoms with E-state index in [0.717, 1.165) is 19.4 Å². The van der Waals surface area contributed by atoms with Crippen LogP contribution in [0.2, 0.25) is 0 Å². The van der Waals surface area contributed by atoms with Crippen molar-refractivity contribution in [3.8, 4) is 0 Å². The van der Waals surface area contributed by atoms with Gasteiger partial charge in [0.2, 0.25) is 0 Å². The Kier molecular flexibility index (Phi) is 2.92. The molecule has 0 aromatic carbocycles. The van der Waals surface area contributed by atoms with Crippen molar-refractivity contribution < 1.29 is 0 Å². The highest BCUT2D eigenvalue weighted by molar-refractivity contribution is 5.13. The van der Waals surface area contributed by atoms with Gasteiger partial charge in [-0.25, -0.2) is 4.98 Å². The highest BCUT2D eigenvalue weighted by Crippen LogP contribution is 2.29. The number of nitrogens with zero attached hydrogens (tertiary/aromatic N) is 3. The monoisotopic (exact) mass is 234 g/mol. The Balaban J connectivity index is 1.80. The molecule has 0 bridgehead atoms. The van der Waals surface area contributed by atoms with Gasteiger partial charge < -0.3 is 15.2 Å². The van der Waals surface area contributed by atoms with Gasteiger partial charge in [-0.05, 0) is 39.4 Å². The maximum atomic E-state index is 6.01. The summed E-state index contributed by atoms with van der Waals surface area (Å²) in [6.45, 7) is 3.47. The van der Waals surface area contributed by atoms with Crippen molar-refractivity contribution in [3.05, 3.63) is 17.7 Å². The van der Waals surface area contributed by atoms with Crippen LogP contribution >= 0.6 is 0 Å². The molecule has 4 heteroatoms. The van der Waals surface area contributed by atoms with Crippen LogP contribution in [0, 0.1) is 0 Å². The molecule has 0 saturated carbocycles. The summed E-state index contributed by atoms with van der Waals surface area (Å²) in [5, 5.41) is 0. The molecule has 2 aliphatic heterocycles. The van der Waals surface area contributed by atoms with E-state index in [9.17, 15) is 0 Å². The molecule has 1 aromatic heterocycles. The van der Waals surface area contributed by atoms with E-state index in [0.29, 0.717) is 12.0 Å². The molecule has 4 nitrogen and oxygen atoms in total. The van der Waals surface area contributed by atoms with Gasteiger partial charge in [-0.2, -0.15) is 0 Å². The Hall–Kier alpha value is -0.870. The largest absolute Gasteiger partial charge is 0.332 e. The third-order valence-electron chi connectivity index (χ3n) is 4.25. The van der Waals surface area contributed by atoms with Crippen LogP contribution in [0.3, 0.4) is 0 Å². The normalized spacial score (nSPS) is 27.1. The summed E-state index contributed by atoms with van der Waals surface area (Å²) in [5.74, 6) is 1.98. The summed E-state index contributed by atoms with van der Waals surface area (Å²) in [7, 11) is 2.20. The van der Waals surface area contributed by atoms with Crippen LogP contribution in [-0.2, 0) is 13.0 Å². The molecule has 3 rings (SSSR count). The standard InChI is InChI=1S/C13H22N4/c1-16-5-2-10(3-6-16)13-15-9-12-8-11(14)4-7-17(12)13/h9-11H,2-8,14H2,1H3. The average Bonchev–Trinajstić information content (AvgIpc) is 2.73. The molecule has 1 saturated heterocycles. The number of hydrogen-bond acceptors (Lipinski definition) is 3. The molecule has 0 amide bonds. The lowest BCUT2D eigenvalue weighted by Gasteiger charge is -2.30. The van der Waals surface area contributed by atoms with E-state index in [1.54, 1.807) is 0 Å². The van der Waals surface area contributed by atoms with Crippen LogP contribution in [0.1, 0.15) is 36.7 Å². The van der Waals surface area contributed by atoms with E-state index in [-0.39, 0.29) is 0 Å². The SMILES string of the molecule is CN1CCC(c2ncc3n2CCC(N)C3)CC1. The van der Waals surface area contributed by atoms with E-state index >= 15 is 0 Å². The van der Waals surface area contributed by atoms with Gasteiger partial charge in [-0.3, -0.25) is 0 Å². The lowest BCUT2D eigenvalue weighted by Crippen LogP contribution is -2.33. The predicted molar refractivity (Wildman–Crippen MR) is 68.0 cm³/mol. The Labute approximate surface area is 103 Å². The minimum Gasteiger partial charge on any atom is -0.332 e. The van der Waals surface area contributed by atoms with Crippen molar-refractivity contribution in [1.82, 2.24) is 14.5 Å². The maximum absolute atomic E-state index is 6.01. The molecule has 0 radical (unpaired) electrons. The Morgan fingerprint density at radius 3 is 2.76 bits per heavy atom. The fourth-order valence-corrected chi connectivity index (χ4v) is 3.11. The molecule has 2 aliphatic rings.